The van der Waals surface area contributed by atoms with E-state index >= 15 is 0 Å². The van der Waals surface area contributed by atoms with Crippen molar-refractivity contribution < 1.29 is 28.8 Å². The number of hydrogen-bond acceptors (Lipinski definition) is 6. The summed E-state index contributed by atoms with van der Waals surface area (Å²) in [5.41, 5.74) is 1.01. The summed E-state index contributed by atoms with van der Waals surface area (Å²) in [5.74, 6) is -0.668. The van der Waals surface area contributed by atoms with Gasteiger partial charge in [-0.15, -0.1) is 0 Å². The zero-order chi connectivity index (χ0) is 20.5. The Kier molecular flexibility index (Phi) is 6.93. The fourth-order valence-corrected chi connectivity index (χ4v) is 2.12. The predicted molar refractivity (Wildman–Crippen MR) is 101 cm³/mol. The van der Waals surface area contributed by atoms with Crippen LogP contribution in [0.4, 0.5) is 0 Å². The standard InChI is InChI=1S/C10H6O2.2C6H4O2/c11-9-5-6-10(12)8-4-2-1-3-7(8)9;2*7-5-1-2-6(8)4-3-5/h1-6H;2*1-4H. The molecule has 0 amide bonds. The van der Waals surface area contributed by atoms with Gasteiger partial charge in [0.2, 0.25) is 0 Å². The van der Waals surface area contributed by atoms with Gasteiger partial charge in [-0.2, -0.15) is 0 Å². The van der Waals surface area contributed by atoms with Gasteiger partial charge in [0, 0.05) is 11.1 Å². The third-order valence-electron chi connectivity index (χ3n) is 3.49. The summed E-state index contributed by atoms with van der Waals surface area (Å²) < 4.78 is 0. The van der Waals surface area contributed by atoms with Crippen molar-refractivity contribution in [3.05, 3.63) is 96.2 Å². The van der Waals surface area contributed by atoms with Crippen LogP contribution in [0.3, 0.4) is 0 Å². The lowest BCUT2D eigenvalue weighted by Crippen LogP contribution is -2.10. The summed E-state index contributed by atoms with van der Waals surface area (Å²) in [4.78, 5) is 63.5. The molecule has 0 N–H and O–H groups in total. The number of benzene rings is 1. The SMILES string of the molecule is O=C1C=CC(=O)C=C1.O=C1C=CC(=O)C=C1.O=C1C=CC(=O)c2ccccc21. The maximum absolute atomic E-state index is 11.2. The molecular formula is C22H14O6. The molecule has 0 heterocycles. The average Bonchev–Trinajstić information content (AvgIpc) is 2.71. The lowest BCUT2D eigenvalue weighted by atomic mass is 9.95. The Labute approximate surface area is 160 Å². The van der Waals surface area contributed by atoms with Crippen molar-refractivity contribution in [2.24, 2.45) is 0 Å². The maximum atomic E-state index is 11.2. The van der Waals surface area contributed by atoms with E-state index in [9.17, 15) is 28.8 Å². The monoisotopic (exact) mass is 374 g/mol. The van der Waals surface area contributed by atoms with Gasteiger partial charge in [-0.05, 0) is 60.8 Å². The molecule has 0 spiro atoms. The minimum atomic E-state index is -0.121. The van der Waals surface area contributed by atoms with E-state index in [1.807, 2.05) is 0 Å². The van der Waals surface area contributed by atoms with Crippen molar-refractivity contribution in [2.45, 2.75) is 0 Å². The van der Waals surface area contributed by atoms with Crippen LogP contribution in [-0.4, -0.2) is 34.7 Å². The Balaban J connectivity index is 0.000000156. The maximum Gasteiger partial charge on any atom is 0.186 e. The summed E-state index contributed by atoms with van der Waals surface area (Å²) in [5, 5.41) is 0. The lowest BCUT2D eigenvalue weighted by Gasteiger charge is -2.06. The average molecular weight is 374 g/mol. The van der Waals surface area contributed by atoms with E-state index in [1.165, 1.54) is 60.8 Å². The van der Waals surface area contributed by atoms with Gasteiger partial charge in [0.15, 0.2) is 34.7 Å². The summed E-state index contributed by atoms with van der Waals surface area (Å²) in [6.45, 7) is 0. The molecule has 0 aliphatic heterocycles. The zero-order valence-electron chi connectivity index (χ0n) is 14.5. The molecule has 138 valence electrons. The second-order valence-electron chi connectivity index (χ2n) is 5.55. The van der Waals surface area contributed by atoms with Crippen molar-refractivity contribution in [1.29, 1.82) is 0 Å². The number of fused-ring (bicyclic) bond motifs is 1. The first kappa shape index (κ1) is 20.3. The molecule has 0 saturated carbocycles. The van der Waals surface area contributed by atoms with Gasteiger partial charge in [0.1, 0.15) is 0 Å². The Hall–Kier alpha value is -4.06. The predicted octanol–water partition coefficient (Wildman–Crippen LogP) is 2.12. The largest absolute Gasteiger partial charge is 0.290 e. The highest BCUT2D eigenvalue weighted by atomic mass is 16.1. The smallest absolute Gasteiger partial charge is 0.186 e. The normalized spacial score (nSPS) is 16.3. The molecule has 0 fully saturated rings. The number of rotatable bonds is 0. The summed E-state index contributed by atoms with van der Waals surface area (Å²) >= 11 is 0. The van der Waals surface area contributed by atoms with Gasteiger partial charge in [-0.3, -0.25) is 28.8 Å². The van der Waals surface area contributed by atoms with E-state index in [0.29, 0.717) is 11.1 Å². The topological polar surface area (TPSA) is 102 Å². The third-order valence-corrected chi connectivity index (χ3v) is 3.49. The van der Waals surface area contributed by atoms with Crippen LogP contribution >= 0.6 is 0 Å². The fraction of sp³-hybridized carbons (Fsp3) is 0. The van der Waals surface area contributed by atoms with Crippen LogP contribution in [0.15, 0.2) is 85.0 Å². The Morgan fingerprint density at radius 1 is 0.357 bits per heavy atom. The lowest BCUT2D eigenvalue weighted by molar-refractivity contribution is -0.113. The number of allylic oxidation sites excluding steroid dienone is 10. The molecular weight excluding hydrogens is 360 g/mol. The second kappa shape index (κ2) is 9.59. The van der Waals surface area contributed by atoms with Crippen LogP contribution in [0.2, 0.25) is 0 Å². The molecule has 28 heavy (non-hydrogen) atoms. The molecule has 0 bridgehead atoms. The minimum absolute atomic E-state index is 0.0924. The van der Waals surface area contributed by atoms with E-state index in [0.717, 1.165) is 0 Å². The van der Waals surface area contributed by atoms with Crippen LogP contribution in [0.5, 0.6) is 0 Å². The summed E-state index contributed by atoms with van der Waals surface area (Å²) in [6, 6.07) is 6.84. The highest BCUT2D eigenvalue weighted by Crippen LogP contribution is 2.15. The summed E-state index contributed by atoms with van der Waals surface area (Å²) in [6.07, 6.45) is 12.6. The van der Waals surface area contributed by atoms with Gasteiger partial charge in [-0.25, -0.2) is 0 Å². The quantitative estimate of drug-likeness (QED) is 0.645. The van der Waals surface area contributed by atoms with Crippen LogP contribution in [0, 0.1) is 0 Å². The van der Waals surface area contributed by atoms with Crippen molar-refractivity contribution in [2.75, 3.05) is 0 Å². The summed E-state index contributed by atoms with van der Waals surface area (Å²) in [7, 11) is 0. The van der Waals surface area contributed by atoms with E-state index < -0.39 is 0 Å². The molecule has 6 heteroatoms. The van der Waals surface area contributed by atoms with Crippen molar-refractivity contribution >= 4 is 34.7 Å². The molecule has 0 saturated heterocycles. The first-order valence-electron chi connectivity index (χ1n) is 8.11. The molecule has 1 aromatic carbocycles. The second-order valence-corrected chi connectivity index (χ2v) is 5.55. The number of carbonyl (C=O) groups is 6. The Morgan fingerprint density at radius 2 is 0.607 bits per heavy atom. The van der Waals surface area contributed by atoms with E-state index in [4.69, 9.17) is 0 Å². The molecule has 3 aliphatic rings. The molecule has 0 aromatic heterocycles. The van der Waals surface area contributed by atoms with Gasteiger partial charge < -0.3 is 0 Å². The molecule has 1 aromatic rings. The molecule has 6 nitrogen and oxygen atoms in total. The minimum Gasteiger partial charge on any atom is -0.290 e. The van der Waals surface area contributed by atoms with Crippen LogP contribution < -0.4 is 0 Å². The molecule has 0 unspecified atom stereocenters. The van der Waals surface area contributed by atoms with Gasteiger partial charge in [0.25, 0.3) is 0 Å². The Bertz CT molecular complexity index is 858. The Morgan fingerprint density at radius 3 is 0.857 bits per heavy atom. The van der Waals surface area contributed by atoms with Gasteiger partial charge >= 0.3 is 0 Å². The van der Waals surface area contributed by atoms with Gasteiger partial charge in [-0.1, -0.05) is 24.3 Å². The number of ketones is 6. The molecule has 4 rings (SSSR count). The first-order valence-corrected chi connectivity index (χ1v) is 8.11. The molecule has 0 atom stereocenters. The van der Waals surface area contributed by atoms with Gasteiger partial charge in [0.05, 0.1) is 0 Å². The van der Waals surface area contributed by atoms with Crippen molar-refractivity contribution in [3.63, 3.8) is 0 Å². The molecule has 3 aliphatic carbocycles. The number of carbonyl (C=O) groups excluding carboxylic acids is 6. The van der Waals surface area contributed by atoms with Crippen molar-refractivity contribution in [1.82, 2.24) is 0 Å². The van der Waals surface area contributed by atoms with E-state index in [1.54, 1.807) is 24.3 Å². The van der Waals surface area contributed by atoms with Crippen LogP contribution in [-0.2, 0) is 19.2 Å². The van der Waals surface area contributed by atoms with Crippen LogP contribution in [0.25, 0.3) is 0 Å². The molecule has 0 radical (unpaired) electrons. The first-order chi connectivity index (χ1) is 13.4. The van der Waals surface area contributed by atoms with Crippen molar-refractivity contribution in [3.8, 4) is 0 Å². The van der Waals surface area contributed by atoms with E-state index in [-0.39, 0.29) is 34.7 Å². The fourth-order valence-electron chi connectivity index (χ4n) is 2.12. The van der Waals surface area contributed by atoms with E-state index in [2.05, 4.69) is 0 Å². The zero-order valence-corrected chi connectivity index (χ0v) is 14.5. The highest BCUT2D eigenvalue weighted by molar-refractivity contribution is 6.22. The number of hydrogen-bond donors (Lipinski definition) is 0. The van der Waals surface area contributed by atoms with Crippen LogP contribution in [0.1, 0.15) is 20.7 Å². The third kappa shape index (κ3) is 6.03. The highest BCUT2D eigenvalue weighted by Gasteiger charge is 2.16.